The summed E-state index contributed by atoms with van der Waals surface area (Å²) in [4.78, 5) is 0.253. The molecule has 0 saturated carbocycles. The fourth-order valence-corrected chi connectivity index (χ4v) is 2.32. The van der Waals surface area contributed by atoms with Crippen LogP contribution >= 0.6 is 23.8 Å². The Kier molecular flexibility index (Phi) is 4.24. The second-order valence-corrected chi connectivity index (χ2v) is 4.70. The Balaban J connectivity index is 2.44. The molecule has 3 N–H and O–H groups in total. The Morgan fingerprint density at radius 3 is 2.53 bits per heavy atom. The zero-order valence-corrected chi connectivity index (χ0v) is 11.9. The van der Waals surface area contributed by atoms with Gasteiger partial charge in [-0.25, -0.2) is 0 Å². The van der Waals surface area contributed by atoms with Crippen LogP contribution in [-0.4, -0.2) is 12.1 Å². The number of nitrogens with two attached hydrogens (primary N) is 1. The summed E-state index contributed by atoms with van der Waals surface area (Å²) in [5.74, 6) is 0.733. The first-order chi connectivity index (χ1) is 9.13. The molecule has 2 aromatic rings. The normalized spacial score (nSPS) is 10.0. The Bertz CT molecular complexity index is 616. The van der Waals surface area contributed by atoms with Crippen LogP contribution in [0.4, 0.5) is 11.4 Å². The maximum absolute atomic E-state index is 6.13. The molecule has 19 heavy (non-hydrogen) atoms. The number of halogens is 1. The van der Waals surface area contributed by atoms with Gasteiger partial charge in [0.15, 0.2) is 0 Å². The molecule has 3 nitrogen and oxygen atoms in total. The fourth-order valence-electron chi connectivity index (χ4n) is 1.77. The molecule has 0 aliphatic heterocycles. The molecule has 0 heterocycles. The third kappa shape index (κ3) is 2.97. The van der Waals surface area contributed by atoms with E-state index in [4.69, 9.17) is 34.3 Å². The monoisotopic (exact) mass is 292 g/mol. The van der Waals surface area contributed by atoms with Crippen LogP contribution in [0.3, 0.4) is 0 Å². The maximum atomic E-state index is 6.13. The Hall–Kier alpha value is -1.78. The molecular weight excluding hydrogens is 280 g/mol. The summed E-state index contributed by atoms with van der Waals surface area (Å²) in [7, 11) is 1.62. The van der Waals surface area contributed by atoms with Crippen molar-refractivity contribution in [2.24, 2.45) is 5.73 Å². The quantitative estimate of drug-likeness (QED) is 0.843. The fraction of sp³-hybridized carbons (Fsp3) is 0.0714. The van der Waals surface area contributed by atoms with Crippen molar-refractivity contribution in [1.82, 2.24) is 0 Å². The van der Waals surface area contributed by atoms with Crippen molar-refractivity contribution >= 4 is 40.2 Å². The molecule has 98 valence electrons. The van der Waals surface area contributed by atoms with Crippen LogP contribution in [0.25, 0.3) is 0 Å². The first kappa shape index (κ1) is 13.6. The van der Waals surface area contributed by atoms with Crippen molar-refractivity contribution in [2.45, 2.75) is 0 Å². The highest BCUT2D eigenvalue weighted by molar-refractivity contribution is 7.80. The summed E-state index contributed by atoms with van der Waals surface area (Å²) in [5.41, 5.74) is 7.92. The highest BCUT2D eigenvalue weighted by Crippen LogP contribution is 2.31. The van der Waals surface area contributed by atoms with E-state index in [0.29, 0.717) is 10.6 Å². The molecule has 2 rings (SSSR count). The molecule has 5 heteroatoms. The predicted molar refractivity (Wildman–Crippen MR) is 83.6 cm³/mol. The summed E-state index contributed by atoms with van der Waals surface area (Å²) in [6.07, 6.45) is 0. The Labute approximate surface area is 122 Å². The summed E-state index contributed by atoms with van der Waals surface area (Å²) >= 11 is 11.2. The summed E-state index contributed by atoms with van der Waals surface area (Å²) in [5, 5.41) is 3.76. The van der Waals surface area contributed by atoms with Gasteiger partial charge in [-0.05, 0) is 24.3 Å². The van der Waals surface area contributed by atoms with E-state index in [2.05, 4.69) is 5.32 Å². The van der Waals surface area contributed by atoms with E-state index < -0.39 is 0 Å². The van der Waals surface area contributed by atoms with E-state index in [1.807, 2.05) is 36.4 Å². The SMILES string of the molecule is COc1ccccc1Nc1cccc(Cl)c1C(N)=S. The third-order valence-electron chi connectivity index (χ3n) is 2.64. The number of anilines is 2. The lowest BCUT2D eigenvalue weighted by Gasteiger charge is -2.14. The van der Waals surface area contributed by atoms with Crippen LogP contribution < -0.4 is 15.8 Å². The minimum Gasteiger partial charge on any atom is -0.495 e. The minimum absolute atomic E-state index is 0.253. The lowest BCUT2D eigenvalue weighted by molar-refractivity contribution is 0.417. The predicted octanol–water partition coefficient (Wildman–Crippen LogP) is 3.73. The summed E-state index contributed by atoms with van der Waals surface area (Å²) < 4.78 is 5.29. The maximum Gasteiger partial charge on any atom is 0.142 e. The van der Waals surface area contributed by atoms with Gasteiger partial charge in [0.2, 0.25) is 0 Å². The molecule has 0 fully saturated rings. The van der Waals surface area contributed by atoms with Crippen molar-refractivity contribution < 1.29 is 4.74 Å². The number of hydrogen-bond donors (Lipinski definition) is 2. The zero-order valence-electron chi connectivity index (χ0n) is 10.3. The Morgan fingerprint density at radius 1 is 1.16 bits per heavy atom. The van der Waals surface area contributed by atoms with Gasteiger partial charge in [0, 0.05) is 0 Å². The van der Waals surface area contributed by atoms with Crippen LogP contribution in [0.5, 0.6) is 5.75 Å². The molecule has 0 bridgehead atoms. The van der Waals surface area contributed by atoms with Crippen LogP contribution in [0.2, 0.25) is 5.02 Å². The summed E-state index contributed by atoms with van der Waals surface area (Å²) in [6, 6.07) is 13.0. The number of para-hydroxylation sites is 2. The second-order valence-electron chi connectivity index (χ2n) is 3.85. The van der Waals surface area contributed by atoms with Crippen molar-refractivity contribution in [2.75, 3.05) is 12.4 Å². The van der Waals surface area contributed by atoms with Gasteiger partial charge < -0.3 is 15.8 Å². The van der Waals surface area contributed by atoms with E-state index in [0.717, 1.165) is 17.1 Å². The van der Waals surface area contributed by atoms with Crippen LogP contribution in [0.15, 0.2) is 42.5 Å². The highest BCUT2D eigenvalue weighted by Gasteiger charge is 2.11. The average molecular weight is 293 g/mol. The number of hydrogen-bond acceptors (Lipinski definition) is 3. The molecule has 0 unspecified atom stereocenters. The van der Waals surface area contributed by atoms with E-state index in [-0.39, 0.29) is 4.99 Å². The van der Waals surface area contributed by atoms with Gasteiger partial charge in [-0.15, -0.1) is 0 Å². The standard InChI is InChI=1S/C14H13ClN2OS/c1-18-12-8-3-2-6-10(12)17-11-7-4-5-9(15)13(11)14(16)19/h2-8,17H,1H3,(H2,16,19). The number of nitrogens with one attached hydrogen (secondary N) is 1. The van der Waals surface area contributed by atoms with Gasteiger partial charge >= 0.3 is 0 Å². The van der Waals surface area contributed by atoms with Gasteiger partial charge in [-0.1, -0.05) is 42.0 Å². The summed E-state index contributed by atoms with van der Waals surface area (Å²) in [6.45, 7) is 0. The van der Waals surface area contributed by atoms with Gasteiger partial charge in [-0.3, -0.25) is 0 Å². The molecular formula is C14H13ClN2OS. The van der Waals surface area contributed by atoms with Gasteiger partial charge in [0.1, 0.15) is 10.7 Å². The molecule has 2 aromatic carbocycles. The number of benzene rings is 2. The smallest absolute Gasteiger partial charge is 0.142 e. The number of ether oxygens (including phenoxy) is 1. The molecule has 0 saturated heterocycles. The van der Waals surface area contributed by atoms with Crippen LogP contribution in [0, 0.1) is 0 Å². The van der Waals surface area contributed by atoms with Crippen molar-refractivity contribution in [3.63, 3.8) is 0 Å². The van der Waals surface area contributed by atoms with E-state index in [9.17, 15) is 0 Å². The number of rotatable bonds is 4. The third-order valence-corrected chi connectivity index (χ3v) is 3.16. The first-order valence-corrected chi connectivity index (χ1v) is 6.40. The van der Waals surface area contributed by atoms with Crippen molar-refractivity contribution in [3.05, 3.63) is 53.1 Å². The second kappa shape index (κ2) is 5.91. The van der Waals surface area contributed by atoms with E-state index in [1.165, 1.54) is 0 Å². The van der Waals surface area contributed by atoms with E-state index >= 15 is 0 Å². The molecule has 0 radical (unpaired) electrons. The molecule has 0 aliphatic rings. The highest BCUT2D eigenvalue weighted by atomic mass is 35.5. The lowest BCUT2D eigenvalue weighted by atomic mass is 10.1. The molecule has 0 spiro atoms. The van der Waals surface area contributed by atoms with Gasteiger partial charge in [0.05, 0.1) is 29.1 Å². The van der Waals surface area contributed by atoms with Crippen LogP contribution in [0.1, 0.15) is 5.56 Å². The largest absolute Gasteiger partial charge is 0.495 e. The Morgan fingerprint density at radius 2 is 1.84 bits per heavy atom. The minimum atomic E-state index is 0.253. The average Bonchev–Trinajstić information content (AvgIpc) is 2.39. The number of thiocarbonyl (C=S) groups is 1. The van der Waals surface area contributed by atoms with Crippen molar-refractivity contribution in [1.29, 1.82) is 0 Å². The molecule has 0 amide bonds. The van der Waals surface area contributed by atoms with Gasteiger partial charge in [0.25, 0.3) is 0 Å². The van der Waals surface area contributed by atoms with E-state index in [1.54, 1.807) is 13.2 Å². The molecule has 0 aromatic heterocycles. The van der Waals surface area contributed by atoms with Crippen molar-refractivity contribution in [3.8, 4) is 5.75 Å². The van der Waals surface area contributed by atoms with Gasteiger partial charge in [-0.2, -0.15) is 0 Å². The number of methoxy groups -OCH3 is 1. The molecule has 0 atom stereocenters. The first-order valence-electron chi connectivity index (χ1n) is 5.62. The van der Waals surface area contributed by atoms with Crippen LogP contribution in [-0.2, 0) is 0 Å². The zero-order chi connectivity index (χ0) is 13.8. The molecule has 0 aliphatic carbocycles. The lowest BCUT2D eigenvalue weighted by Crippen LogP contribution is -2.12. The topological polar surface area (TPSA) is 47.3 Å².